The van der Waals surface area contributed by atoms with E-state index in [1.807, 2.05) is 36.3 Å². The molecule has 4 heterocycles. The lowest BCUT2D eigenvalue weighted by Crippen LogP contribution is -2.39. The second-order valence-electron chi connectivity index (χ2n) is 8.71. The molecule has 0 saturated carbocycles. The zero-order chi connectivity index (χ0) is 22.2. The summed E-state index contributed by atoms with van der Waals surface area (Å²) in [6.07, 6.45) is 8.48. The molecule has 7 heteroatoms. The molecule has 4 aromatic rings. The maximum atomic E-state index is 6.42. The number of hydrogen-bond acceptors (Lipinski definition) is 6. The molecule has 0 amide bonds. The Hall–Kier alpha value is -3.19. The van der Waals surface area contributed by atoms with Crippen LogP contribution in [0.2, 0.25) is 0 Å². The van der Waals surface area contributed by atoms with E-state index in [0.29, 0.717) is 6.04 Å². The van der Waals surface area contributed by atoms with Crippen LogP contribution in [0.5, 0.6) is 5.75 Å². The highest BCUT2D eigenvalue weighted by Gasteiger charge is 2.31. The average molecular weight is 431 g/mol. The SMILES string of the molecule is CCCCC1C(N)CCN1c1cnc2nc(-c3cc4cn(C)nc4cc3OC)ccc2c1. The third-order valence-corrected chi connectivity index (χ3v) is 6.53. The van der Waals surface area contributed by atoms with Crippen molar-refractivity contribution in [2.45, 2.75) is 44.7 Å². The average Bonchev–Trinajstić information content (AvgIpc) is 3.36. The number of unbranched alkanes of at least 4 members (excludes halogenated alkanes) is 1. The largest absolute Gasteiger partial charge is 0.496 e. The summed E-state index contributed by atoms with van der Waals surface area (Å²) in [5, 5.41) is 6.56. The van der Waals surface area contributed by atoms with Gasteiger partial charge in [-0.1, -0.05) is 19.8 Å². The molecular formula is C25H30N6O. The normalized spacial score (nSPS) is 18.7. The molecule has 3 aromatic heterocycles. The minimum atomic E-state index is 0.229. The first-order chi connectivity index (χ1) is 15.6. The molecule has 0 bridgehead atoms. The summed E-state index contributed by atoms with van der Waals surface area (Å²) in [5.41, 5.74) is 11.0. The second-order valence-corrected chi connectivity index (χ2v) is 8.71. The molecule has 0 spiro atoms. The zero-order valence-corrected chi connectivity index (χ0v) is 19.0. The third-order valence-electron chi connectivity index (χ3n) is 6.53. The van der Waals surface area contributed by atoms with Crippen molar-refractivity contribution < 1.29 is 4.74 Å². The molecule has 0 radical (unpaired) electrons. The Morgan fingerprint density at radius 1 is 1.19 bits per heavy atom. The summed E-state index contributed by atoms with van der Waals surface area (Å²) in [4.78, 5) is 12.0. The van der Waals surface area contributed by atoms with Crippen LogP contribution in [0.1, 0.15) is 32.6 Å². The summed E-state index contributed by atoms with van der Waals surface area (Å²) >= 11 is 0. The van der Waals surface area contributed by atoms with Gasteiger partial charge in [0, 0.05) is 54.3 Å². The first kappa shape index (κ1) is 20.7. The number of hydrogen-bond donors (Lipinski definition) is 1. The van der Waals surface area contributed by atoms with E-state index in [-0.39, 0.29) is 6.04 Å². The van der Waals surface area contributed by atoms with Gasteiger partial charge in [0.05, 0.1) is 30.2 Å². The van der Waals surface area contributed by atoms with Gasteiger partial charge in [-0.05, 0) is 37.1 Å². The van der Waals surface area contributed by atoms with Gasteiger partial charge in [-0.15, -0.1) is 0 Å². The van der Waals surface area contributed by atoms with Gasteiger partial charge in [-0.3, -0.25) is 4.68 Å². The number of nitrogens with zero attached hydrogens (tertiary/aromatic N) is 5. The number of pyridine rings is 2. The summed E-state index contributed by atoms with van der Waals surface area (Å²) in [6, 6.07) is 11.0. The summed E-state index contributed by atoms with van der Waals surface area (Å²) in [6.45, 7) is 3.21. The van der Waals surface area contributed by atoms with Crippen LogP contribution in [0.15, 0.2) is 42.7 Å². The van der Waals surface area contributed by atoms with E-state index < -0.39 is 0 Å². The molecule has 2 N–H and O–H groups in total. The van der Waals surface area contributed by atoms with Crippen molar-refractivity contribution in [2.24, 2.45) is 12.8 Å². The Kier molecular flexibility index (Phi) is 5.43. The van der Waals surface area contributed by atoms with Gasteiger partial charge in [0.25, 0.3) is 0 Å². The van der Waals surface area contributed by atoms with Crippen molar-refractivity contribution in [3.05, 3.63) is 42.7 Å². The minimum absolute atomic E-state index is 0.229. The fourth-order valence-corrected chi connectivity index (χ4v) is 4.83. The standard InChI is InChI=1S/C25H30N6O/c1-4-5-6-23-20(26)9-10-31(23)18-11-16-7-8-21(28-25(16)27-14-18)19-12-17-15-30(2)29-22(17)13-24(19)32-3/h7-8,11-15,20,23H,4-6,9-10,26H2,1-3H3. The van der Waals surface area contributed by atoms with E-state index in [1.165, 1.54) is 12.8 Å². The molecular weight excluding hydrogens is 400 g/mol. The van der Waals surface area contributed by atoms with Crippen molar-refractivity contribution in [3.63, 3.8) is 0 Å². The summed E-state index contributed by atoms with van der Waals surface area (Å²) in [7, 11) is 3.59. The lowest BCUT2D eigenvalue weighted by molar-refractivity contribution is 0.417. The molecule has 166 valence electrons. The lowest BCUT2D eigenvalue weighted by atomic mass is 10.0. The van der Waals surface area contributed by atoms with Crippen molar-refractivity contribution in [2.75, 3.05) is 18.6 Å². The molecule has 0 aliphatic carbocycles. The molecule has 2 atom stereocenters. The molecule has 1 aliphatic rings. The molecule has 2 unspecified atom stereocenters. The van der Waals surface area contributed by atoms with Crippen LogP contribution in [0.4, 0.5) is 5.69 Å². The number of methoxy groups -OCH3 is 1. The maximum absolute atomic E-state index is 6.42. The Morgan fingerprint density at radius 3 is 2.88 bits per heavy atom. The molecule has 7 nitrogen and oxygen atoms in total. The van der Waals surface area contributed by atoms with Gasteiger partial charge in [-0.25, -0.2) is 9.97 Å². The number of aromatic nitrogens is 4. The number of rotatable bonds is 6. The Morgan fingerprint density at radius 2 is 2.06 bits per heavy atom. The molecule has 1 saturated heterocycles. The van der Waals surface area contributed by atoms with Gasteiger partial charge in [-0.2, -0.15) is 5.10 Å². The highest BCUT2D eigenvalue weighted by Crippen LogP contribution is 2.34. The monoisotopic (exact) mass is 430 g/mol. The zero-order valence-electron chi connectivity index (χ0n) is 19.0. The van der Waals surface area contributed by atoms with Gasteiger partial charge in [0.2, 0.25) is 0 Å². The van der Waals surface area contributed by atoms with Crippen molar-refractivity contribution in [3.8, 4) is 17.0 Å². The van der Waals surface area contributed by atoms with Crippen LogP contribution in [-0.4, -0.2) is 45.5 Å². The van der Waals surface area contributed by atoms with E-state index in [2.05, 4.69) is 35.1 Å². The van der Waals surface area contributed by atoms with Crippen molar-refractivity contribution in [1.29, 1.82) is 0 Å². The van der Waals surface area contributed by atoms with Crippen LogP contribution in [0.3, 0.4) is 0 Å². The fourth-order valence-electron chi connectivity index (χ4n) is 4.83. The highest BCUT2D eigenvalue weighted by atomic mass is 16.5. The van der Waals surface area contributed by atoms with Crippen LogP contribution >= 0.6 is 0 Å². The van der Waals surface area contributed by atoms with Crippen LogP contribution < -0.4 is 15.4 Å². The van der Waals surface area contributed by atoms with E-state index in [9.17, 15) is 0 Å². The number of anilines is 1. The Labute approximate surface area is 188 Å². The van der Waals surface area contributed by atoms with Crippen LogP contribution in [0, 0.1) is 0 Å². The lowest BCUT2D eigenvalue weighted by Gasteiger charge is -2.28. The smallest absolute Gasteiger partial charge is 0.159 e. The number of benzene rings is 1. The third kappa shape index (κ3) is 3.66. The van der Waals surface area contributed by atoms with E-state index in [4.69, 9.17) is 20.4 Å². The number of nitrogens with two attached hydrogens (primary N) is 1. The number of ether oxygens (including phenoxy) is 1. The van der Waals surface area contributed by atoms with Gasteiger partial charge in [0.1, 0.15) is 5.75 Å². The summed E-state index contributed by atoms with van der Waals surface area (Å²) < 4.78 is 7.45. The summed E-state index contributed by atoms with van der Waals surface area (Å²) in [5.74, 6) is 0.754. The van der Waals surface area contributed by atoms with Crippen LogP contribution in [-0.2, 0) is 7.05 Å². The second kappa shape index (κ2) is 8.39. The fraction of sp³-hybridized carbons (Fsp3) is 0.400. The first-order valence-electron chi connectivity index (χ1n) is 11.4. The van der Waals surface area contributed by atoms with Gasteiger partial charge in [0.15, 0.2) is 5.65 Å². The van der Waals surface area contributed by atoms with E-state index in [0.717, 1.165) is 64.0 Å². The molecule has 32 heavy (non-hydrogen) atoms. The molecule has 1 aromatic carbocycles. The van der Waals surface area contributed by atoms with Gasteiger partial charge >= 0.3 is 0 Å². The highest BCUT2D eigenvalue weighted by molar-refractivity contribution is 5.89. The number of fused-ring (bicyclic) bond motifs is 2. The van der Waals surface area contributed by atoms with Gasteiger partial charge < -0.3 is 15.4 Å². The van der Waals surface area contributed by atoms with E-state index >= 15 is 0 Å². The topological polar surface area (TPSA) is 82.1 Å². The minimum Gasteiger partial charge on any atom is -0.496 e. The quantitative estimate of drug-likeness (QED) is 0.491. The van der Waals surface area contributed by atoms with Crippen molar-refractivity contribution in [1.82, 2.24) is 19.7 Å². The predicted molar refractivity (Wildman–Crippen MR) is 129 cm³/mol. The predicted octanol–water partition coefficient (Wildman–Crippen LogP) is 4.29. The Balaban J connectivity index is 1.50. The maximum Gasteiger partial charge on any atom is 0.159 e. The molecule has 5 rings (SSSR count). The van der Waals surface area contributed by atoms with Crippen molar-refractivity contribution >= 4 is 27.6 Å². The molecule has 1 fully saturated rings. The first-order valence-corrected chi connectivity index (χ1v) is 11.4. The van der Waals surface area contributed by atoms with Crippen LogP contribution in [0.25, 0.3) is 33.2 Å². The van der Waals surface area contributed by atoms with E-state index in [1.54, 1.807) is 7.11 Å². The number of aryl methyl sites for hydroxylation is 1. The molecule has 1 aliphatic heterocycles. The Bertz CT molecular complexity index is 1270.